The van der Waals surface area contributed by atoms with Gasteiger partial charge in [0.15, 0.2) is 0 Å². The second kappa shape index (κ2) is 3.62. The van der Waals surface area contributed by atoms with E-state index in [4.69, 9.17) is 10.5 Å². The first kappa shape index (κ1) is 9.53. The fourth-order valence-corrected chi connectivity index (χ4v) is 1.92. The molecule has 0 spiro atoms. The fraction of sp³-hybridized carbons (Fsp3) is 0.500. The molecule has 2 N–H and O–H groups in total. The lowest BCUT2D eigenvalue weighted by Crippen LogP contribution is -2.14. The molecule has 0 aromatic heterocycles. The Morgan fingerprint density at radius 1 is 1.43 bits per heavy atom. The van der Waals surface area contributed by atoms with Gasteiger partial charge in [0.2, 0.25) is 0 Å². The van der Waals surface area contributed by atoms with E-state index in [1.165, 1.54) is 24.0 Å². The highest BCUT2D eigenvalue weighted by molar-refractivity contribution is 5.41. The summed E-state index contributed by atoms with van der Waals surface area (Å²) in [5.74, 6) is 1.64. The van der Waals surface area contributed by atoms with E-state index in [1.54, 1.807) is 7.11 Å². The summed E-state index contributed by atoms with van der Waals surface area (Å²) in [5.41, 5.74) is 8.60. The number of hydrogen-bond donors (Lipinski definition) is 1. The van der Waals surface area contributed by atoms with Crippen molar-refractivity contribution in [3.8, 4) is 5.75 Å². The van der Waals surface area contributed by atoms with Gasteiger partial charge in [-0.05, 0) is 42.9 Å². The highest BCUT2D eigenvalue weighted by atomic mass is 16.5. The van der Waals surface area contributed by atoms with Gasteiger partial charge in [0.25, 0.3) is 0 Å². The second-order valence-corrected chi connectivity index (χ2v) is 4.04. The molecular weight excluding hydrogens is 174 g/mol. The minimum atomic E-state index is 0.199. The Morgan fingerprint density at radius 3 is 2.71 bits per heavy atom. The molecule has 0 heterocycles. The maximum Gasteiger partial charge on any atom is 0.122 e. The van der Waals surface area contributed by atoms with Gasteiger partial charge in [0.1, 0.15) is 5.75 Å². The average Bonchev–Trinajstić information content (AvgIpc) is 3.00. The molecule has 14 heavy (non-hydrogen) atoms. The zero-order valence-corrected chi connectivity index (χ0v) is 8.79. The van der Waals surface area contributed by atoms with Crippen LogP contribution in [-0.2, 0) is 0 Å². The number of benzene rings is 1. The predicted molar refractivity (Wildman–Crippen MR) is 57.4 cm³/mol. The van der Waals surface area contributed by atoms with Crippen molar-refractivity contribution in [3.63, 3.8) is 0 Å². The summed E-state index contributed by atoms with van der Waals surface area (Å²) >= 11 is 0. The molecule has 2 rings (SSSR count). The third-order valence-corrected chi connectivity index (χ3v) is 3.03. The maximum absolute atomic E-state index is 6.17. The van der Waals surface area contributed by atoms with Crippen LogP contribution in [-0.4, -0.2) is 7.11 Å². The molecule has 1 atom stereocenters. The highest BCUT2D eigenvalue weighted by Gasteiger charge is 2.30. The largest absolute Gasteiger partial charge is 0.496 e. The molecule has 76 valence electrons. The van der Waals surface area contributed by atoms with Gasteiger partial charge in [0.05, 0.1) is 7.11 Å². The lowest BCUT2D eigenvalue weighted by atomic mass is 9.98. The molecule has 0 amide bonds. The molecule has 1 aliphatic rings. The van der Waals surface area contributed by atoms with E-state index in [1.807, 2.05) is 12.1 Å². The van der Waals surface area contributed by atoms with Gasteiger partial charge >= 0.3 is 0 Å². The molecule has 2 nitrogen and oxygen atoms in total. The Hall–Kier alpha value is -1.02. The van der Waals surface area contributed by atoms with Crippen LogP contribution in [0.2, 0.25) is 0 Å². The van der Waals surface area contributed by atoms with Crippen molar-refractivity contribution < 1.29 is 4.74 Å². The lowest BCUT2D eigenvalue weighted by molar-refractivity contribution is 0.410. The molecule has 0 radical (unpaired) electrons. The Labute approximate surface area is 85.1 Å². The van der Waals surface area contributed by atoms with Crippen molar-refractivity contribution in [1.29, 1.82) is 0 Å². The van der Waals surface area contributed by atoms with Crippen LogP contribution < -0.4 is 10.5 Å². The van der Waals surface area contributed by atoms with E-state index in [-0.39, 0.29) is 6.04 Å². The Morgan fingerprint density at radius 2 is 2.14 bits per heavy atom. The Bertz CT molecular complexity index is 331. The zero-order chi connectivity index (χ0) is 10.1. The van der Waals surface area contributed by atoms with Gasteiger partial charge in [-0.2, -0.15) is 0 Å². The van der Waals surface area contributed by atoms with E-state index in [0.29, 0.717) is 5.92 Å². The van der Waals surface area contributed by atoms with E-state index >= 15 is 0 Å². The summed E-state index contributed by atoms with van der Waals surface area (Å²) in [6.07, 6.45) is 2.55. The third kappa shape index (κ3) is 1.62. The van der Waals surface area contributed by atoms with Crippen molar-refractivity contribution in [1.82, 2.24) is 0 Å². The van der Waals surface area contributed by atoms with Crippen LogP contribution in [0.5, 0.6) is 5.75 Å². The number of methoxy groups -OCH3 is 1. The Kier molecular flexibility index (Phi) is 2.46. The molecule has 1 aromatic rings. The van der Waals surface area contributed by atoms with Gasteiger partial charge in [-0.25, -0.2) is 0 Å². The summed E-state index contributed by atoms with van der Waals surface area (Å²) in [6, 6.07) is 6.31. The van der Waals surface area contributed by atoms with Gasteiger partial charge in [-0.3, -0.25) is 0 Å². The van der Waals surface area contributed by atoms with Gasteiger partial charge in [-0.15, -0.1) is 0 Å². The number of nitrogens with two attached hydrogens (primary N) is 1. The van der Waals surface area contributed by atoms with Crippen LogP contribution in [0.3, 0.4) is 0 Å². The minimum absolute atomic E-state index is 0.199. The smallest absolute Gasteiger partial charge is 0.122 e. The average molecular weight is 191 g/mol. The van der Waals surface area contributed by atoms with Crippen molar-refractivity contribution in [3.05, 3.63) is 29.3 Å². The molecular formula is C12H17NO. The van der Waals surface area contributed by atoms with E-state index in [0.717, 1.165) is 5.75 Å². The van der Waals surface area contributed by atoms with Crippen molar-refractivity contribution in [2.45, 2.75) is 25.8 Å². The number of rotatable bonds is 3. The summed E-state index contributed by atoms with van der Waals surface area (Å²) in [7, 11) is 1.70. The fourth-order valence-electron chi connectivity index (χ4n) is 1.92. The molecule has 1 aromatic carbocycles. The summed E-state index contributed by atoms with van der Waals surface area (Å²) in [4.78, 5) is 0. The molecule has 1 fully saturated rings. The van der Waals surface area contributed by atoms with Crippen molar-refractivity contribution >= 4 is 0 Å². The Balaban J connectivity index is 2.31. The van der Waals surface area contributed by atoms with Crippen LogP contribution in [0, 0.1) is 12.8 Å². The third-order valence-electron chi connectivity index (χ3n) is 3.03. The van der Waals surface area contributed by atoms with Crippen molar-refractivity contribution in [2.75, 3.05) is 7.11 Å². The van der Waals surface area contributed by atoms with Crippen LogP contribution in [0.15, 0.2) is 18.2 Å². The molecule has 1 aliphatic carbocycles. The summed E-state index contributed by atoms with van der Waals surface area (Å²) in [6.45, 7) is 2.08. The second-order valence-electron chi connectivity index (χ2n) is 4.04. The quantitative estimate of drug-likeness (QED) is 0.796. The first-order valence-electron chi connectivity index (χ1n) is 5.13. The van der Waals surface area contributed by atoms with Gasteiger partial charge < -0.3 is 10.5 Å². The van der Waals surface area contributed by atoms with Crippen molar-refractivity contribution in [2.24, 2.45) is 11.7 Å². The number of ether oxygens (including phenoxy) is 1. The normalized spacial score (nSPS) is 17.9. The molecule has 0 bridgehead atoms. The summed E-state index contributed by atoms with van der Waals surface area (Å²) in [5, 5.41) is 0. The molecule has 2 heteroatoms. The topological polar surface area (TPSA) is 35.2 Å². The van der Waals surface area contributed by atoms with E-state index < -0.39 is 0 Å². The SMILES string of the molecule is COc1cccc([C@@H](N)C2CC2)c1C. The summed E-state index contributed by atoms with van der Waals surface area (Å²) < 4.78 is 5.28. The monoisotopic (exact) mass is 191 g/mol. The maximum atomic E-state index is 6.17. The van der Waals surface area contributed by atoms with Crippen LogP contribution in [0.4, 0.5) is 0 Å². The molecule has 0 saturated heterocycles. The van der Waals surface area contributed by atoms with Gasteiger partial charge in [-0.1, -0.05) is 12.1 Å². The van der Waals surface area contributed by atoms with Crippen LogP contribution >= 0.6 is 0 Å². The minimum Gasteiger partial charge on any atom is -0.496 e. The molecule has 0 aliphatic heterocycles. The van der Waals surface area contributed by atoms with E-state index in [2.05, 4.69) is 13.0 Å². The highest BCUT2D eigenvalue weighted by Crippen LogP contribution is 2.41. The molecule has 1 saturated carbocycles. The molecule has 0 unspecified atom stereocenters. The predicted octanol–water partition coefficient (Wildman–Crippen LogP) is 2.41. The first-order chi connectivity index (χ1) is 6.74. The number of hydrogen-bond acceptors (Lipinski definition) is 2. The zero-order valence-electron chi connectivity index (χ0n) is 8.79. The lowest BCUT2D eigenvalue weighted by Gasteiger charge is -2.15. The van der Waals surface area contributed by atoms with Crippen LogP contribution in [0.1, 0.15) is 30.0 Å². The standard InChI is InChI=1S/C12H17NO/c1-8-10(12(13)9-6-7-9)4-3-5-11(8)14-2/h3-5,9,12H,6-7,13H2,1-2H3/t12-/m0/s1. The van der Waals surface area contributed by atoms with Gasteiger partial charge in [0, 0.05) is 6.04 Å². The van der Waals surface area contributed by atoms with E-state index in [9.17, 15) is 0 Å². The first-order valence-corrected chi connectivity index (χ1v) is 5.13. The van der Waals surface area contributed by atoms with Crippen LogP contribution in [0.25, 0.3) is 0 Å².